The minimum Gasteiger partial charge on any atom is -0.494 e. The molecule has 0 aliphatic carbocycles. The van der Waals surface area contributed by atoms with Crippen molar-refractivity contribution in [2.45, 2.75) is 4.90 Å². The van der Waals surface area contributed by atoms with Crippen molar-refractivity contribution in [1.82, 2.24) is 4.72 Å². The van der Waals surface area contributed by atoms with Gasteiger partial charge in [0, 0.05) is 13.7 Å². The second-order valence-corrected chi connectivity index (χ2v) is 5.80. The minimum absolute atomic E-state index is 0.0223. The smallest absolute Gasteiger partial charge is 0.244 e. The van der Waals surface area contributed by atoms with Gasteiger partial charge in [-0.05, 0) is 12.1 Å². The predicted molar refractivity (Wildman–Crippen MR) is 70.1 cm³/mol. The Hall–Kier alpha value is -0.530. The summed E-state index contributed by atoms with van der Waals surface area (Å²) in [6, 6.07) is 2.74. The number of benzene rings is 1. The molecule has 0 unspecified atom stereocenters. The summed E-state index contributed by atoms with van der Waals surface area (Å²) in [6.07, 6.45) is 0. The van der Waals surface area contributed by atoms with Crippen molar-refractivity contribution in [2.24, 2.45) is 0 Å². The Morgan fingerprint density at radius 3 is 2.50 bits per heavy atom. The van der Waals surface area contributed by atoms with Crippen molar-refractivity contribution in [2.75, 3.05) is 27.4 Å². The quantitative estimate of drug-likeness (QED) is 0.815. The molecule has 0 spiro atoms. The van der Waals surface area contributed by atoms with Crippen LogP contribution in [0, 0.1) is 0 Å². The molecular weight excluding hydrogens is 301 g/mol. The lowest BCUT2D eigenvalue weighted by molar-refractivity contribution is 0.204. The van der Waals surface area contributed by atoms with Crippen LogP contribution in [0.25, 0.3) is 0 Å². The van der Waals surface area contributed by atoms with E-state index < -0.39 is 10.0 Å². The van der Waals surface area contributed by atoms with E-state index in [1.54, 1.807) is 0 Å². The van der Waals surface area contributed by atoms with Crippen molar-refractivity contribution in [3.05, 3.63) is 22.2 Å². The maximum Gasteiger partial charge on any atom is 0.244 e. The van der Waals surface area contributed by atoms with Gasteiger partial charge in [0.25, 0.3) is 0 Å². The SMILES string of the molecule is COCCNS(=O)(=O)c1ccc(Cl)c(Cl)c1OC. The van der Waals surface area contributed by atoms with Gasteiger partial charge in [0.15, 0.2) is 5.75 Å². The molecule has 1 N–H and O–H groups in total. The Morgan fingerprint density at radius 2 is 1.94 bits per heavy atom. The van der Waals surface area contributed by atoms with Gasteiger partial charge in [0.1, 0.15) is 9.92 Å². The van der Waals surface area contributed by atoms with Crippen LogP contribution in [0.4, 0.5) is 0 Å². The fourth-order valence-electron chi connectivity index (χ4n) is 1.27. The van der Waals surface area contributed by atoms with E-state index in [1.807, 2.05) is 0 Å². The maximum absolute atomic E-state index is 12.0. The minimum atomic E-state index is -3.71. The monoisotopic (exact) mass is 313 g/mol. The predicted octanol–water partition coefficient (Wildman–Crippen LogP) is 1.93. The van der Waals surface area contributed by atoms with E-state index in [4.69, 9.17) is 32.7 Å². The van der Waals surface area contributed by atoms with E-state index in [9.17, 15) is 8.42 Å². The molecule has 102 valence electrons. The van der Waals surface area contributed by atoms with Crippen molar-refractivity contribution in [1.29, 1.82) is 0 Å². The highest BCUT2D eigenvalue weighted by Crippen LogP contribution is 2.37. The first kappa shape index (κ1) is 15.5. The maximum atomic E-state index is 12.0. The molecule has 18 heavy (non-hydrogen) atoms. The van der Waals surface area contributed by atoms with Gasteiger partial charge in [-0.2, -0.15) is 0 Å². The van der Waals surface area contributed by atoms with Gasteiger partial charge in [-0.15, -0.1) is 0 Å². The number of halogens is 2. The third-order valence-corrected chi connectivity index (χ3v) is 4.38. The Balaban J connectivity index is 3.12. The second kappa shape index (κ2) is 6.58. The van der Waals surface area contributed by atoms with E-state index in [1.165, 1.54) is 26.4 Å². The molecule has 1 aromatic carbocycles. The summed E-state index contributed by atoms with van der Waals surface area (Å²) < 4.78 is 36.1. The van der Waals surface area contributed by atoms with Crippen LogP contribution >= 0.6 is 23.2 Å². The van der Waals surface area contributed by atoms with Crippen LogP contribution < -0.4 is 9.46 Å². The highest BCUT2D eigenvalue weighted by molar-refractivity contribution is 7.89. The largest absolute Gasteiger partial charge is 0.494 e. The Bertz CT molecular complexity index is 519. The number of rotatable bonds is 6. The summed E-state index contributed by atoms with van der Waals surface area (Å²) in [5, 5.41) is 0.290. The van der Waals surface area contributed by atoms with Gasteiger partial charge in [-0.25, -0.2) is 13.1 Å². The highest BCUT2D eigenvalue weighted by atomic mass is 35.5. The molecule has 0 saturated carbocycles. The van der Waals surface area contributed by atoms with Crippen molar-refractivity contribution in [3.63, 3.8) is 0 Å². The molecule has 8 heteroatoms. The molecular formula is C10H13Cl2NO4S. The summed E-state index contributed by atoms with van der Waals surface area (Å²) in [5.74, 6) is 0.0223. The second-order valence-electron chi connectivity index (χ2n) is 3.28. The van der Waals surface area contributed by atoms with Gasteiger partial charge in [-0.3, -0.25) is 0 Å². The van der Waals surface area contributed by atoms with Crippen LogP contribution in [0.5, 0.6) is 5.75 Å². The molecule has 0 atom stereocenters. The standard InChI is InChI=1S/C10H13Cl2NO4S/c1-16-6-5-13-18(14,15)8-4-3-7(11)9(12)10(8)17-2/h3-4,13H,5-6H2,1-2H3. The van der Waals surface area contributed by atoms with E-state index >= 15 is 0 Å². The molecule has 0 aliphatic heterocycles. The average Bonchev–Trinajstić information content (AvgIpc) is 2.32. The molecule has 1 aromatic rings. The van der Waals surface area contributed by atoms with Crippen LogP contribution in [0.2, 0.25) is 10.0 Å². The van der Waals surface area contributed by atoms with E-state index in [2.05, 4.69) is 4.72 Å². The summed E-state index contributed by atoms with van der Waals surface area (Å²) in [5.41, 5.74) is 0. The summed E-state index contributed by atoms with van der Waals surface area (Å²) >= 11 is 11.7. The van der Waals surface area contributed by atoms with Crippen LogP contribution in [0.3, 0.4) is 0 Å². The summed E-state index contributed by atoms with van der Waals surface area (Å²) in [7, 11) is -0.907. The first-order valence-electron chi connectivity index (χ1n) is 4.94. The molecule has 0 aliphatic rings. The van der Waals surface area contributed by atoms with Crippen molar-refractivity contribution in [3.8, 4) is 5.75 Å². The van der Waals surface area contributed by atoms with Crippen LogP contribution in [0.1, 0.15) is 0 Å². The molecule has 0 fully saturated rings. The number of ether oxygens (including phenoxy) is 2. The molecule has 1 rings (SSSR count). The van der Waals surface area contributed by atoms with Crippen molar-refractivity contribution >= 4 is 33.2 Å². The van der Waals surface area contributed by atoms with Gasteiger partial charge in [-0.1, -0.05) is 23.2 Å². The lowest BCUT2D eigenvalue weighted by atomic mass is 10.3. The lowest BCUT2D eigenvalue weighted by Gasteiger charge is -2.12. The van der Waals surface area contributed by atoms with E-state index in [0.717, 1.165) is 0 Å². The zero-order chi connectivity index (χ0) is 13.8. The fraction of sp³-hybridized carbons (Fsp3) is 0.400. The number of sulfonamides is 1. The first-order chi connectivity index (χ1) is 8.44. The zero-order valence-electron chi connectivity index (χ0n) is 9.87. The van der Waals surface area contributed by atoms with Gasteiger partial charge in [0.2, 0.25) is 10.0 Å². The molecule has 0 bridgehead atoms. The Morgan fingerprint density at radius 1 is 1.28 bits per heavy atom. The third kappa shape index (κ3) is 3.49. The van der Waals surface area contributed by atoms with Crippen LogP contribution in [-0.2, 0) is 14.8 Å². The van der Waals surface area contributed by atoms with Crippen molar-refractivity contribution < 1.29 is 17.9 Å². The Kier molecular flexibility index (Phi) is 5.68. The highest BCUT2D eigenvalue weighted by Gasteiger charge is 2.22. The van der Waals surface area contributed by atoms with Crippen LogP contribution in [-0.4, -0.2) is 35.8 Å². The summed E-state index contributed by atoms with van der Waals surface area (Å²) in [6.45, 7) is 0.422. The van der Waals surface area contributed by atoms with Gasteiger partial charge >= 0.3 is 0 Å². The molecule has 0 heterocycles. The first-order valence-corrected chi connectivity index (χ1v) is 7.18. The number of methoxy groups -OCH3 is 2. The number of hydrogen-bond donors (Lipinski definition) is 1. The van der Waals surface area contributed by atoms with E-state index in [-0.39, 0.29) is 33.8 Å². The van der Waals surface area contributed by atoms with E-state index in [0.29, 0.717) is 0 Å². The fourth-order valence-corrected chi connectivity index (χ4v) is 2.90. The third-order valence-electron chi connectivity index (χ3n) is 2.11. The zero-order valence-corrected chi connectivity index (χ0v) is 12.2. The molecule has 0 aromatic heterocycles. The molecule has 0 amide bonds. The molecule has 5 nitrogen and oxygen atoms in total. The topological polar surface area (TPSA) is 64.6 Å². The molecule has 0 radical (unpaired) electrons. The lowest BCUT2D eigenvalue weighted by Crippen LogP contribution is -2.27. The average molecular weight is 314 g/mol. The number of hydrogen-bond acceptors (Lipinski definition) is 4. The molecule has 0 saturated heterocycles. The van der Waals surface area contributed by atoms with Gasteiger partial charge < -0.3 is 9.47 Å². The Labute approximate surface area is 116 Å². The van der Waals surface area contributed by atoms with Gasteiger partial charge in [0.05, 0.1) is 18.7 Å². The normalized spacial score (nSPS) is 11.6. The van der Waals surface area contributed by atoms with Crippen LogP contribution in [0.15, 0.2) is 17.0 Å². The number of nitrogens with one attached hydrogen (secondary N) is 1. The summed E-state index contributed by atoms with van der Waals surface area (Å²) in [4.78, 5) is -0.0597.